The van der Waals surface area contributed by atoms with Crippen LogP contribution in [-0.2, 0) is 6.54 Å². The molecular formula is C19H25ClN4O2. The van der Waals surface area contributed by atoms with Crippen molar-refractivity contribution in [2.75, 3.05) is 7.05 Å². The third-order valence-corrected chi connectivity index (χ3v) is 5.81. The number of piperidine rings is 1. The predicted octanol–water partition coefficient (Wildman–Crippen LogP) is 2.19. The average molecular weight is 377 g/mol. The molecule has 0 saturated carbocycles. The van der Waals surface area contributed by atoms with Crippen LogP contribution in [0.1, 0.15) is 43.1 Å². The van der Waals surface area contributed by atoms with Gasteiger partial charge in [0.15, 0.2) is 5.69 Å². The third kappa shape index (κ3) is 3.12. The Bertz CT molecular complexity index is 867. The Balaban J connectivity index is 0.00000196. The van der Waals surface area contributed by atoms with Crippen molar-refractivity contribution in [2.24, 2.45) is 0 Å². The van der Waals surface area contributed by atoms with Gasteiger partial charge in [-0.25, -0.2) is 0 Å². The minimum atomic E-state index is -0.341. The molecular weight excluding hydrogens is 352 g/mol. The summed E-state index contributed by atoms with van der Waals surface area (Å²) in [6, 6.07) is 8.54. The van der Waals surface area contributed by atoms with E-state index in [2.05, 4.69) is 22.4 Å². The molecule has 2 atom stereocenters. The van der Waals surface area contributed by atoms with Gasteiger partial charge in [0.25, 0.3) is 5.91 Å². The molecule has 7 heteroatoms. The van der Waals surface area contributed by atoms with Gasteiger partial charge < -0.3 is 10.2 Å². The number of nitrogens with zero attached hydrogens (tertiary/aromatic N) is 3. The largest absolute Gasteiger partial charge is 0.348 e. The summed E-state index contributed by atoms with van der Waals surface area (Å²) in [5.74, 6) is -0.341. The lowest BCUT2D eigenvalue weighted by Crippen LogP contribution is -2.49. The fourth-order valence-electron chi connectivity index (χ4n) is 4.41. The van der Waals surface area contributed by atoms with Crippen molar-refractivity contribution >= 4 is 29.2 Å². The number of carbonyl (C=O) groups is 1. The van der Waals surface area contributed by atoms with Crippen LogP contribution in [0.15, 0.2) is 29.1 Å². The molecule has 4 rings (SSSR count). The second-order valence-electron chi connectivity index (χ2n) is 7.20. The van der Waals surface area contributed by atoms with Crippen LogP contribution in [0.5, 0.6) is 0 Å². The molecule has 0 radical (unpaired) electrons. The zero-order chi connectivity index (χ0) is 17.6. The SMILES string of the molecule is CCn1nc(C(=O)NC2CC3CCC(C2)N3C)c(=O)c2ccccc21.Cl. The number of aryl methyl sites for hydroxylation is 1. The van der Waals surface area contributed by atoms with Crippen molar-refractivity contribution in [3.05, 3.63) is 40.2 Å². The van der Waals surface area contributed by atoms with Crippen LogP contribution in [-0.4, -0.2) is 45.8 Å². The molecule has 1 amide bonds. The minimum Gasteiger partial charge on any atom is -0.348 e. The number of carbonyl (C=O) groups excluding carboxylic acids is 1. The number of halogens is 1. The summed E-state index contributed by atoms with van der Waals surface area (Å²) in [4.78, 5) is 27.9. The molecule has 1 aromatic carbocycles. The highest BCUT2D eigenvalue weighted by atomic mass is 35.5. The van der Waals surface area contributed by atoms with E-state index < -0.39 is 0 Å². The lowest BCUT2D eigenvalue weighted by molar-refractivity contribution is 0.0874. The first-order chi connectivity index (χ1) is 12.1. The maximum atomic E-state index is 12.8. The molecule has 0 aliphatic carbocycles. The molecule has 1 aromatic heterocycles. The van der Waals surface area contributed by atoms with Crippen LogP contribution >= 0.6 is 12.4 Å². The molecule has 6 nitrogen and oxygen atoms in total. The number of hydrogen-bond acceptors (Lipinski definition) is 4. The predicted molar refractivity (Wildman–Crippen MR) is 104 cm³/mol. The van der Waals surface area contributed by atoms with Gasteiger partial charge in [-0.1, -0.05) is 12.1 Å². The van der Waals surface area contributed by atoms with Gasteiger partial charge in [0.1, 0.15) is 0 Å². The second kappa shape index (κ2) is 7.37. The summed E-state index contributed by atoms with van der Waals surface area (Å²) in [7, 11) is 2.17. The van der Waals surface area contributed by atoms with Crippen molar-refractivity contribution in [3.8, 4) is 0 Å². The molecule has 2 bridgehead atoms. The number of rotatable bonds is 3. The Hall–Kier alpha value is -1.92. The van der Waals surface area contributed by atoms with Crippen LogP contribution in [0.3, 0.4) is 0 Å². The van der Waals surface area contributed by atoms with E-state index in [9.17, 15) is 9.59 Å². The standard InChI is InChI=1S/C19H24N4O2.ClH/c1-3-23-16-7-5-4-6-15(16)18(24)17(21-23)19(25)20-12-10-13-8-9-14(11-12)22(13)2;/h4-7,12-14H,3,8-11H2,1-2H3,(H,20,25);1H. The monoisotopic (exact) mass is 376 g/mol. The molecule has 140 valence electrons. The summed E-state index contributed by atoms with van der Waals surface area (Å²) >= 11 is 0. The van der Waals surface area contributed by atoms with Gasteiger partial charge in [-0.3, -0.25) is 14.3 Å². The molecule has 2 aliphatic heterocycles. The molecule has 2 fully saturated rings. The maximum Gasteiger partial charge on any atom is 0.276 e. The van der Waals surface area contributed by atoms with Gasteiger partial charge in [0, 0.05) is 30.1 Å². The van der Waals surface area contributed by atoms with E-state index in [1.54, 1.807) is 10.7 Å². The third-order valence-electron chi connectivity index (χ3n) is 5.81. The van der Waals surface area contributed by atoms with E-state index in [4.69, 9.17) is 0 Å². The fraction of sp³-hybridized carbons (Fsp3) is 0.526. The Morgan fingerprint density at radius 3 is 2.54 bits per heavy atom. The van der Waals surface area contributed by atoms with E-state index >= 15 is 0 Å². The van der Waals surface area contributed by atoms with E-state index in [-0.39, 0.29) is 35.5 Å². The minimum absolute atomic E-state index is 0. The first kappa shape index (κ1) is 18.9. The molecule has 0 spiro atoms. The number of hydrogen-bond donors (Lipinski definition) is 1. The quantitative estimate of drug-likeness (QED) is 0.891. The molecule has 2 unspecified atom stereocenters. The summed E-state index contributed by atoms with van der Waals surface area (Å²) in [5, 5.41) is 7.96. The topological polar surface area (TPSA) is 67.2 Å². The molecule has 3 heterocycles. The maximum absolute atomic E-state index is 12.8. The average Bonchev–Trinajstić information content (AvgIpc) is 2.83. The summed E-state index contributed by atoms with van der Waals surface area (Å²) in [6.45, 7) is 2.57. The Morgan fingerprint density at radius 1 is 1.23 bits per heavy atom. The van der Waals surface area contributed by atoms with Crippen molar-refractivity contribution in [1.82, 2.24) is 20.0 Å². The number of amides is 1. The van der Waals surface area contributed by atoms with Gasteiger partial charge in [-0.2, -0.15) is 5.10 Å². The van der Waals surface area contributed by atoms with Crippen LogP contribution in [0, 0.1) is 0 Å². The van der Waals surface area contributed by atoms with E-state index in [1.165, 1.54) is 12.8 Å². The van der Waals surface area contributed by atoms with Crippen molar-refractivity contribution in [3.63, 3.8) is 0 Å². The first-order valence-electron chi connectivity index (χ1n) is 9.11. The number of nitrogens with one attached hydrogen (secondary N) is 1. The Labute approximate surface area is 159 Å². The van der Waals surface area contributed by atoms with Gasteiger partial charge >= 0.3 is 0 Å². The Kier molecular flexibility index (Phi) is 5.34. The lowest BCUT2D eigenvalue weighted by atomic mass is 9.98. The summed E-state index contributed by atoms with van der Waals surface area (Å²) < 4.78 is 1.73. The normalized spacial score (nSPS) is 25.1. The van der Waals surface area contributed by atoms with E-state index in [0.29, 0.717) is 24.0 Å². The van der Waals surface area contributed by atoms with Crippen molar-refractivity contribution in [1.29, 1.82) is 0 Å². The van der Waals surface area contributed by atoms with Crippen LogP contribution in [0.2, 0.25) is 0 Å². The zero-order valence-corrected chi connectivity index (χ0v) is 16.0. The first-order valence-corrected chi connectivity index (χ1v) is 9.11. The Morgan fingerprint density at radius 2 is 1.88 bits per heavy atom. The molecule has 2 aliphatic rings. The second-order valence-corrected chi connectivity index (χ2v) is 7.20. The highest BCUT2D eigenvalue weighted by Gasteiger charge is 2.39. The number of benzene rings is 1. The zero-order valence-electron chi connectivity index (χ0n) is 15.1. The van der Waals surface area contributed by atoms with Crippen molar-refractivity contribution < 1.29 is 4.79 Å². The fourth-order valence-corrected chi connectivity index (χ4v) is 4.41. The van der Waals surface area contributed by atoms with Crippen LogP contribution in [0.25, 0.3) is 10.9 Å². The van der Waals surface area contributed by atoms with Crippen LogP contribution in [0.4, 0.5) is 0 Å². The molecule has 26 heavy (non-hydrogen) atoms. The van der Waals surface area contributed by atoms with Gasteiger partial charge in [0.2, 0.25) is 5.43 Å². The van der Waals surface area contributed by atoms with Gasteiger partial charge in [0.05, 0.1) is 5.52 Å². The molecule has 2 saturated heterocycles. The smallest absolute Gasteiger partial charge is 0.276 e. The highest BCUT2D eigenvalue weighted by molar-refractivity contribution is 5.95. The van der Waals surface area contributed by atoms with E-state index in [0.717, 1.165) is 18.4 Å². The highest BCUT2D eigenvalue weighted by Crippen LogP contribution is 2.34. The van der Waals surface area contributed by atoms with Gasteiger partial charge in [-0.05, 0) is 51.8 Å². The number of fused-ring (bicyclic) bond motifs is 3. The van der Waals surface area contributed by atoms with Crippen LogP contribution < -0.4 is 10.7 Å². The summed E-state index contributed by atoms with van der Waals surface area (Å²) in [6.07, 6.45) is 4.30. The van der Waals surface area contributed by atoms with E-state index in [1.807, 2.05) is 25.1 Å². The molecule has 1 N–H and O–H groups in total. The molecule has 2 aromatic rings. The number of para-hydroxylation sites is 1. The van der Waals surface area contributed by atoms with Crippen molar-refractivity contribution in [2.45, 2.75) is 57.3 Å². The summed E-state index contributed by atoms with van der Waals surface area (Å²) in [5.41, 5.74) is 0.490. The number of aromatic nitrogens is 2. The van der Waals surface area contributed by atoms with Gasteiger partial charge in [-0.15, -0.1) is 12.4 Å². The lowest BCUT2D eigenvalue weighted by Gasteiger charge is -2.36.